The number of amides is 1. The van der Waals surface area contributed by atoms with Gasteiger partial charge in [-0.3, -0.25) is 9.20 Å². The van der Waals surface area contributed by atoms with Crippen LogP contribution >= 0.6 is 0 Å². The molecule has 24 heavy (non-hydrogen) atoms. The number of likely N-dealkylation sites (tertiary alicyclic amines) is 1. The molecule has 1 amide bonds. The lowest BCUT2D eigenvalue weighted by atomic mass is 9.97. The number of carbonyl (C=O) groups is 1. The number of piperidine rings is 1. The van der Waals surface area contributed by atoms with E-state index in [1.807, 2.05) is 18.2 Å². The van der Waals surface area contributed by atoms with Crippen LogP contribution in [0.15, 0.2) is 29.2 Å². The summed E-state index contributed by atoms with van der Waals surface area (Å²) in [5, 5.41) is 7.20. The zero-order chi connectivity index (χ0) is 16.9. The van der Waals surface area contributed by atoms with E-state index in [4.69, 9.17) is 5.73 Å². The summed E-state index contributed by atoms with van der Waals surface area (Å²) in [6.07, 6.45) is 3.61. The standard InChI is InChI=1S/C16H24N6O2/c17-6-7-18-15(23)13-4-3-8-20(12-13)10-11-22-16(24)21-9-2-1-5-14(21)19-22/h1-2,5,9,13H,3-4,6-8,10-12,17H2,(H,18,23). The highest BCUT2D eigenvalue weighted by Gasteiger charge is 2.25. The number of carbonyl (C=O) groups excluding carboxylic acids is 1. The molecule has 8 heteroatoms. The average Bonchev–Trinajstić information content (AvgIpc) is 2.94. The van der Waals surface area contributed by atoms with Gasteiger partial charge >= 0.3 is 5.69 Å². The van der Waals surface area contributed by atoms with Gasteiger partial charge < -0.3 is 16.0 Å². The van der Waals surface area contributed by atoms with E-state index < -0.39 is 0 Å². The molecule has 0 bridgehead atoms. The molecule has 1 saturated heterocycles. The first-order chi connectivity index (χ1) is 11.7. The maximum atomic E-state index is 12.3. The molecule has 0 spiro atoms. The number of nitrogens with zero attached hydrogens (tertiary/aromatic N) is 4. The van der Waals surface area contributed by atoms with Gasteiger partial charge in [-0.15, -0.1) is 5.10 Å². The first-order valence-corrected chi connectivity index (χ1v) is 8.43. The van der Waals surface area contributed by atoms with Gasteiger partial charge in [-0.1, -0.05) is 6.07 Å². The summed E-state index contributed by atoms with van der Waals surface area (Å²) >= 11 is 0. The van der Waals surface area contributed by atoms with Crippen LogP contribution in [0.5, 0.6) is 0 Å². The van der Waals surface area contributed by atoms with Gasteiger partial charge in [0.2, 0.25) is 5.91 Å². The molecule has 1 unspecified atom stereocenters. The van der Waals surface area contributed by atoms with Crippen LogP contribution in [0.3, 0.4) is 0 Å². The topological polar surface area (TPSA) is 97.7 Å². The number of nitrogens with one attached hydrogen (secondary N) is 1. The lowest BCUT2D eigenvalue weighted by Crippen LogP contribution is -2.45. The fraction of sp³-hybridized carbons (Fsp3) is 0.562. The molecule has 3 heterocycles. The highest BCUT2D eigenvalue weighted by Crippen LogP contribution is 2.16. The summed E-state index contributed by atoms with van der Waals surface area (Å²) in [6.45, 7) is 3.88. The Kier molecular flexibility index (Phi) is 5.27. The largest absolute Gasteiger partial charge is 0.355 e. The van der Waals surface area contributed by atoms with Gasteiger partial charge in [0.25, 0.3) is 0 Å². The molecule has 0 radical (unpaired) electrons. The molecule has 130 valence electrons. The zero-order valence-corrected chi connectivity index (χ0v) is 13.7. The van der Waals surface area contributed by atoms with Gasteiger partial charge in [0.15, 0.2) is 5.65 Å². The molecule has 0 aromatic carbocycles. The Labute approximate surface area is 140 Å². The summed E-state index contributed by atoms with van der Waals surface area (Å²) in [6, 6.07) is 5.49. The van der Waals surface area contributed by atoms with E-state index in [1.165, 1.54) is 4.68 Å². The average molecular weight is 332 g/mol. The lowest BCUT2D eigenvalue weighted by molar-refractivity contribution is -0.126. The van der Waals surface area contributed by atoms with Gasteiger partial charge in [-0.2, -0.15) is 0 Å². The third-order valence-corrected chi connectivity index (χ3v) is 4.44. The summed E-state index contributed by atoms with van der Waals surface area (Å²) in [5.41, 5.74) is 5.95. The third-order valence-electron chi connectivity index (χ3n) is 4.44. The molecular formula is C16H24N6O2. The molecule has 1 aliphatic rings. The van der Waals surface area contributed by atoms with Crippen molar-refractivity contribution in [2.75, 3.05) is 32.7 Å². The van der Waals surface area contributed by atoms with Crippen LogP contribution < -0.4 is 16.7 Å². The van der Waals surface area contributed by atoms with E-state index in [1.54, 1.807) is 10.6 Å². The second-order valence-corrected chi connectivity index (χ2v) is 6.15. The van der Waals surface area contributed by atoms with Crippen molar-refractivity contribution in [3.8, 4) is 0 Å². The number of pyridine rings is 1. The molecular weight excluding hydrogens is 308 g/mol. The van der Waals surface area contributed by atoms with Crippen molar-refractivity contribution in [1.29, 1.82) is 0 Å². The molecule has 1 fully saturated rings. The highest BCUT2D eigenvalue weighted by molar-refractivity contribution is 5.78. The molecule has 3 rings (SSSR count). The minimum absolute atomic E-state index is 0.00286. The molecule has 0 saturated carbocycles. The van der Waals surface area contributed by atoms with Gasteiger partial charge in [0.05, 0.1) is 12.5 Å². The molecule has 1 atom stereocenters. The van der Waals surface area contributed by atoms with E-state index in [0.717, 1.165) is 25.9 Å². The maximum absolute atomic E-state index is 12.3. The Hall–Kier alpha value is -2.19. The third kappa shape index (κ3) is 3.65. The first-order valence-electron chi connectivity index (χ1n) is 8.43. The monoisotopic (exact) mass is 332 g/mol. The Bertz CT molecular complexity index is 752. The van der Waals surface area contributed by atoms with Crippen LogP contribution in [0, 0.1) is 5.92 Å². The Balaban J connectivity index is 1.58. The van der Waals surface area contributed by atoms with E-state index in [9.17, 15) is 9.59 Å². The maximum Gasteiger partial charge on any atom is 0.350 e. The van der Waals surface area contributed by atoms with Crippen LogP contribution in [0.1, 0.15) is 12.8 Å². The number of hydrogen-bond donors (Lipinski definition) is 2. The van der Waals surface area contributed by atoms with Crippen LogP contribution in [0.25, 0.3) is 5.65 Å². The molecule has 0 aliphatic carbocycles. The van der Waals surface area contributed by atoms with E-state index >= 15 is 0 Å². The summed E-state index contributed by atoms with van der Waals surface area (Å²) < 4.78 is 3.03. The van der Waals surface area contributed by atoms with E-state index in [2.05, 4.69) is 15.3 Å². The van der Waals surface area contributed by atoms with Crippen molar-refractivity contribution in [3.63, 3.8) is 0 Å². The zero-order valence-electron chi connectivity index (χ0n) is 13.7. The van der Waals surface area contributed by atoms with Crippen LogP contribution in [-0.4, -0.2) is 57.7 Å². The predicted octanol–water partition coefficient (Wildman–Crippen LogP) is -0.717. The summed E-state index contributed by atoms with van der Waals surface area (Å²) in [7, 11) is 0. The number of fused-ring (bicyclic) bond motifs is 1. The quantitative estimate of drug-likeness (QED) is 0.728. The van der Waals surface area contributed by atoms with Crippen molar-refractivity contribution < 1.29 is 4.79 Å². The van der Waals surface area contributed by atoms with Crippen LogP contribution in [-0.2, 0) is 11.3 Å². The smallest absolute Gasteiger partial charge is 0.350 e. The molecule has 2 aromatic rings. The summed E-state index contributed by atoms with van der Waals surface area (Å²) in [5.74, 6) is 0.0816. The second kappa shape index (κ2) is 7.59. The number of hydrogen-bond acceptors (Lipinski definition) is 5. The fourth-order valence-electron chi connectivity index (χ4n) is 3.16. The van der Waals surface area contributed by atoms with Gasteiger partial charge in [-0.05, 0) is 31.5 Å². The lowest BCUT2D eigenvalue weighted by Gasteiger charge is -2.31. The van der Waals surface area contributed by atoms with Gasteiger partial charge in [-0.25, -0.2) is 9.48 Å². The summed E-state index contributed by atoms with van der Waals surface area (Å²) in [4.78, 5) is 26.6. The normalized spacial score (nSPS) is 18.8. The predicted molar refractivity (Wildman–Crippen MR) is 90.7 cm³/mol. The number of aromatic nitrogens is 3. The van der Waals surface area contributed by atoms with Crippen molar-refractivity contribution in [2.24, 2.45) is 11.7 Å². The van der Waals surface area contributed by atoms with Gasteiger partial charge in [0, 0.05) is 32.4 Å². The van der Waals surface area contributed by atoms with Crippen molar-refractivity contribution >= 4 is 11.6 Å². The number of nitrogens with two attached hydrogens (primary N) is 1. The van der Waals surface area contributed by atoms with Crippen molar-refractivity contribution in [3.05, 3.63) is 34.9 Å². The van der Waals surface area contributed by atoms with Crippen molar-refractivity contribution in [1.82, 2.24) is 24.4 Å². The van der Waals surface area contributed by atoms with Crippen LogP contribution in [0.4, 0.5) is 0 Å². The molecule has 8 nitrogen and oxygen atoms in total. The van der Waals surface area contributed by atoms with E-state index in [0.29, 0.717) is 31.8 Å². The Morgan fingerprint density at radius 2 is 2.25 bits per heavy atom. The minimum Gasteiger partial charge on any atom is -0.355 e. The molecule has 2 aromatic heterocycles. The minimum atomic E-state index is -0.125. The molecule has 3 N–H and O–H groups in total. The SMILES string of the molecule is NCCNC(=O)C1CCCN(CCn2nc3ccccn3c2=O)C1. The fourth-order valence-corrected chi connectivity index (χ4v) is 3.16. The van der Waals surface area contributed by atoms with E-state index in [-0.39, 0.29) is 17.5 Å². The highest BCUT2D eigenvalue weighted by atomic mass is 16.2. The second-order valence-electron chi connectivity index (χ2n) is 6.15. The number of rotatable bonds is 6. The van der Waals surface area contributed by atoms with Gasteiger partial charge in [0.1, 0.15) is 0 Å². The van der Waals surface area contributed by atoms with Crippen molar-refractivity contribution in [2.45, 2.75) is 19.4 Å². The first kappa shape index (κ1) is 16.7. The van der Waals surface area contributed by atoms with Crippen LogP contribution in [0.2, 0.25) is 0 Å². The Morgan fingerprint density at radius 1 is 1.38 bits per heavy atom. The Morgan fingerprint density at radius 3 is 3.04 bits per heavy atom. The molecule has 1 aliphatic heterocycles.